The second kappa shape index (κ2) is 8.96. The molecule has 0 aliphatic heterocycles. The molecule has 0 atom stereocenters. The van der Waals surface area contributed by atoms with Crippen molar-refractivity contribution in [2.45, 2.75) is 37.8 Å². The van der Waals surface area contributed by atoms with Gasteiger partial charge in [0.25, 0.3) is 5.56 Å². The zero-order valence-corrected chi connectivity index (χ0v) is 18.6. The Morgan fingerprint density at radius 1 is 1.28 bits per heavy atom. The molecule has 0 saturated carbocycles. The number of unbranched alkanes of at least 4 members (excludes halogenated alkanes) is 1. The van der Waals surface area contributed by atoms with E-state index in [9.17, 15) is 22.8 Å². The second-order valence-corrected chi connectivity index (χ2v) is 8.57. The van der Waals surface area contributed by atoms with Crippen molar-refractivity contribution in [2.24, 2.45) is 12.2 Å². The van der Waals surface area contributed by atoms with E-state index in [0.717, 1.165) is 12.5 Å². The van der Waals surface area contributed by atoms with Crippen molar-refractivity contribution in [2.75, 3.05) is 7.11 Å². The Balaban J connectivity index is 1.95. The van der Waals surface area contributed by atoms with Crippen LogP contribution in [-0.4, -0.2) is 40.6 Å². The van der Waals surface area contributed by atoms with Gasteiger partial charge in [0.05, 0.1) is 12.0 Å². The Bertz CT molecular complexity index is 1400. The van der Waals surface area contributed by atoms with Crippen molar-refractivity contribution in [3.63, 3.8) is 0 Å². The first-order valence-electron chi connectivity index (χ1n) is 9.64. The second-order valence-electron chi connectivity index (χ2n) is 7.01. The number of nitrogens with two attached hydrogens (primary N) is 1. The monoisotopic (exact) mass is 465 g/mol. The van der Waals surface area contributed by atoms with Gasteiger partial charge in [-0.1, -0.05) is 13.3 Å². The standard InChI is InChI=1S/C19H23N5O7S/c1-4-5-8-24-16-15(17(25)22-19(24)27)23(2)14(21-16)10-31-18(26)12-9-11(32(20,28)29)6-7-13(12)30-3/h6-7,9H,4-5,8,10H2,1-3H3,(H2,20,28,29)(H,22,25,27). The van der Waals surface area contributed by atoms with Crippen LogP contribution in [0.1, 0.15) is 35.9 Å². The van der Waals surface area contributed by atoms with E-state index in [1.165, 1.54) is 28.4 Å². The molecule has 0 spiro atoms. The summed E-state index contributed by atoms with van der Waals surface area (Å²) in [5.74, 6) is -0.565. The molecule has 2 heterocycles. The Hall–Kier alpha value is -3.45. The topological polar surface area (TPSA) is 168 Å². The van der Waals surface area contributed by atoms with Crippen molar-refractivity contribution < 1.29 is 22.7 Å². The molecule has 0 saturated heterocycles. The van der Waals surface area contributed by atoms with Gasteiger partial charge in [-0.05, 0) is 24.6 Å². The minimum atomic E-state index is -4.05. The van der Waals surface area contributed by atoms with Crippen molar-refractivity contribution in [1.82, 2.24) is 19.1 Å². The Labute approximate surface area is 182 Å². The number of methoxy groups -OCH3 is 1. The molecule has 13 heteroatoms. The number of esters is 1. The maximum atomic E-state index is 12.6. The molecule has 3 N–H and O–H groups in total. The van der Waals surface area contributed by atoms with Crippen LogP contribution in [0, 0.1) is 0 Å². The van der Waals surface area contributed by atoms with Gasteiger partial charge >= 0.3 is 11.7 Å². The largest absolute Gasteiger partial charge is 0.496 e. The number of H-pyrrole nitrogens is 1. The highest BCUT2D eigenvalue weighted by Gasteiger charge is 2.21. The van der Waals surface area contributed by atoms with E-state index in [2.05, 4.69) is 9.97 Å². The highest BCUT2D eigenvalue weighted by molar-refractivity contribution is 7.89. The van der Waals surface area contributed by atoms with E-state index in [1.54, 1.807) is 7.05 Å². The molecular formula is C19H23N5O7S. The quantitative estimate of drug-likeness (QED) is 0.446. The molecule has 0 fully saturated rings. The predicted molar refractivity (Wildman–Crippen MR) is 114 cm³/mol. The van der Waals surface area contributed by atoms with Crippen LogP contribution in [0.15, 0.2) is 32.7 Å². The van der Waals surface area contributed by atoms with E-state index in [0.29, 0.717) is 13.0 Å². The van der Waals surface area contributed by atoms with Gasteiger partial charge in [0.2, 0.25) is 10.0 Å². The maximum absolute atomic E-state index is 12.6. The lowest BCUT2D eigenvalue weighted by atomic mass is 10.2. The fourth-order valence-corrected chi connectivity index (χ4v) is 3.72. The third-order valence-corrected chi connectivity index (χ3v) is 5.80. The summed E-state index contributed by atoms with van der Waals surface area (Å²) in [6.45, 7) is 2.00. The number of ether oxygens (including phenoxy) is 2. The molecule has 0 bridgehead atoms. The lowest BCUT2D eigenvalue weighted by Gasteiger charge is -2.10. The molecule has 0 aliphatic carbocycles. The SMILES string of the molecule is CCCCn1c(=O)[nH]c(=O)c2c1nc(COC(=O)c1cc(S(N)(=O)=O)ccc1OC)n2C. The van der Waals surface area contributed by atoms with Crippen LogP contribution in [0.2, 0.25) is 0 Å². The number of benzene rings is 1. The Morgan fingerprint density at radius 2 is 2.00 bits per heavy atom. The smallest absolute Gasteiger partial charge is 0.342 e. The first kappa shape index (κ1) is 23.2. The summed E-state index contributed by atoms with van der Waals surface area (Å²) in [6, 6.07) is 3.55. The molecule has 172 valence electrons. The Kier molecular flexibility index (Phi) is 6.50. The number of hydrogen-bond donors (Lipinski definition) is 2. The van der Waals surface area contributed by atoms with Gasteiger partial charge in [-0.15, -0.1) is 0 Å². The number of sulfonamides is 1. The summed E-state index contributed by atoms with van der Waals surface area (Å²) >= 11 is 0. The Morgan fingerprint density at radius 3 is 2.62 bits per heavy atom. The van der Waals surface area contributed by atoms with Gasteiger partial charge in [-0.3, -0.25) is 14.3 Å². The van der Waals surface area contributed by atoms with Crippen LogP contribution >= 0.6 is 0 Å². The molecule has 32 heavy (non-hydrogen) atoms. The summed E-state index contributed by atoms with van der Waals surface area (Å²) in [6.07, 6.45) is 1.55. The molecule has 0 unspecified atom stereocenters. The molecular weight excluding hydrogens is 442 g/mol. The molecule has 12 nitrogen and oxygen atoms in total. The minimum Gasteiger partial charge on any atom is -0.496 e. The van der Waals surface area contributed by atoms with Crippen molar-refractivity contribution in [3.8, 4) is 5.75 Å². The highest BCUT2D eigenvalue weighted by Crippen LogP contribution is 2.23. The number of primary sulfonamides is 1. The van der Waals surface area contributed by atoms with Gasteiger partial charge in [-0.25, -0.2) is 28.1 Å². The van der Waals surface area contributed by atoms with Crippen molar-refractivity contribution in [3.05, 3.63) is 50.4 Å². The van der Waals surface area contributed by atoms with Gasteiger partial charge in [0.1, 0.15) is 23.7 Å². The molecule has 3 rings (SSSR count). The highest BCUT2D eigenvalue weighted by atomic mass is 32.2. The lowest BCUT2D eigenvalue weighted by Crippen LogP contribution is -2.31. The maximum Gasteiger partial charge on any atom is 0.342 e. The summed E-state index contributed by atoms with van der Waals surface area (Å²) in [7, 11) is -1.17. The van der Waals surface area contributed by atoms with E-state index in [4.69, 9.17) is 14.6 Å². The summed E-state index contributed by atoms with van der Waals surface area (Å²) < 4.78 is 36.4. The van der Waals surface area contributed by atoms with Gasteiger partial charge < -0.3 is 14.0 Å². The average molecular weight is 465 g/mol. The number of aromatic nitrogens is 4. The van der Waals surface area contributed by atoms with Crippen LogP contribution in [0.25, 0.3) is 11.2 Å². The molecule has 3 aromatic rings. The van der Waals surface area contributed by atoms with Gasteiger partial charge in [0.15, 0.2) is 11.2 Å². The fourth-order valence-electron chi connectivity index (χ4n) is 3.18. The van der Waals surface area contributed by atoms with E-state index in [-0.39, 0.29) is 39.8 Å². The predicted octanol–water partition coefficient (Wildman–Crippen LogP) is 0.236. The molecule has 0 aliphatic rings. The van der Waals surface area contributed by atoms with Gasteiger partial charge in [0, 0.05) is 13.6 Å². The van der Waals surface area contributed by atoms with Crippen LogP contribution in [-0.2, 0) is 35.0 Å². The fraction of sp³-hybridized carbons (Fsp3) is 0.368. The molecule has 0 radical (unpaired) electrons. The molecule has 2 aromatic heterocycles. The minimum absolute atomic E-state index is 0.0947. The first-order chi connectivity index (χ1) is 15.1. The molecule has 1 aromatic carbocycles. The van der Waals surface area contributed by atoms with E-state index < -0.39 is 27.2 Å². The van der Waals surface area contributed by atoms with Crippen molar-refractivity contribution in [1.29, 1.82) is 0 Å². The zero-order valence-electron chi connectivity index (χ0n) is 17.7. The number of aromatic amines is 1. The van der Waals surface area contributed by atoms with Crippen LogP contribution in [0.3, 0.4) is 0 Å². The molecule has 0 amide bonds. The van der Waals surface area contributed by atoms with Crippen LogP contribution in [0.5, 0.6) is 5.75 Å². The summed E-state index contributed by atoms with van der Waals surface area (Å²) in [5.41, 5.74) is -0.958. The van der Waals surface area contributed by atoms with Crippen molar-refractivity contribution >= 4 is 27.2 Å². The number of rotatable bonds is 8. The number of carbonyl (C=O) groups excluding carboxylic acids is 1. The van der Waals surface area contributed by atoms with E-state index >= 15 is 0 Å². The normalized spacial score (nSPS) is 11.6. The number of nitrogens with one attached hydrogen (secondary N) is 1. The number of carbonyl (C=O) groups is 1. The van der Waals surface area contributed by atoms with Crippen LogP contribution < -0.4 is 21.1 Å². The van der Waals surface area contributed by atoms with Crippen LogP contribution in [0.4, 0.5) is 0 Å². The zero-order chi connectivity index (χ0) is 23.6. The number of imidazole rings is 1. The summed E-state index contributed by atoms with van der Waals surface area (Å²) in [4.78, 5) is 43.5. The average Bonchev–Trinajstić information content (AvgIpc) is 3.07. The number of fused-ring (bicyclic) bond motifs is 1. The first-order valence-corrected chi connectivity index (χ1v) is 11.2. The van der Waals surface area contributed by atoms with E-state index in [1.807, 2.05) is 6.92 Å². The summed E-state index contributed by atoms with van der Waals surface area (Å²) in [5, 5.41) is 5.13. The van der Waals surface area contributed by atoms with Gasteiger partial charge in [-0.2, -0.15) is 0 Å². The number of hydrogen-bond acceptors (Lipinski definition) is 8. The number of aryl methyl sites for hydroxylation is 2. The lowest BCUT2D eigenvalue weighted by molar-refractivity contribution is 0.0455. The third kappa shape index (κ3) is 4.43. The third-order valence-electron chi connectivity index (χ3n) is 4.89. The number of nitrogens with zero attached hydrogens (tertiary/aromatic N) is 3.